The molecule has 0 saturated heterocycles. The van der Waals surface area contributed by atoms with E-state index in [4.69, 9.17) is 10.5 Å². The maximum atomic E-state index is 13.3. The van der Waals surface area contributed by atoms with Gasteiger partial charge in [0.05, 0.1) is 5.92 Å². The van der Waals surface area contributed by atoms with E-state index in [9.17, 15) is 13.6 Å². The van der Waals surface area contributed by atoms with Crippen LogP contribution in [0, 0.1) is 17.6 Å². The fourth-order valence-electron chi connectivity index (χ4n) is 1.05. The molecule has 0 unspecified atom stereocenters. The molecule has 0 aromatic heterocycles. The zero-order chi connectivity index (χ0) is 14.4. The molecule has 0 aliphatic heterocycles. The van der Waals surface area contributed by atoms with Crippen LogP contribution in [0.15, 0.2) is 23.2 Å². The Balaban J connectivity index is 0.00000361. The standard InChI is InChI=1S/C12H14F2N2O2S.BrH/c1-7(2)11(17)18-6-19-12(15)16-10-8(13)4-3-5-9(10)14;/h3-5,7H,6H2,1-2H3,(H2,15,16);1H. The quantitative estimate of drug-likeness (QED) is 0.383. The monoisotopic (exact) mass is 368 g/mol. The first-order chi connectivity index (χ1) is 8.91. The highest BCUT2D eigenvalue weighted by atomic mass is 79.9. The number of benzene rings is 1. The van der Waals surface area contributed by atoms with Crippen LogP contribution in [-0.2, 0) is 9.53 Å². The molecule has 0 bridgehead atoms. The number of esters is 1. The number of nitrogens with two attached hydrogens (primary N) is 1. The summed E-state index contributed by atoms with van der Waals surface area (Å²) in [5, 5.41) is -0.0828. The van der Waals surface area contributed by atoms with Gasteiger partial charge in [0.2, 0.25) is 0 Å². The fourth-order valence-corrected chi connectivity index (χ4v) is 1.50. The molecule has 0 aliphatic rings. The van der Waals surface area contributed by atoms with Gasteiger partial charge >= 0.3 is 5.97 Å². The minimum atomic E-state index is -0.803. The third-order valence-corrected chi connectivity index (χ3v) is 2.66. The predicted molar refractivity (Wildman–Crippen MR) is 81.4 cm³/mol. The maximum absolute atomic E-state index is 13.3. The van der Waals surface area contributed by atoms with Gasteiger partial charge in [0.1, 0.15) is 11.6 Å². The summed E-state index contributed by atoms with van der Waals surface area (Å²) in [5.41, 5.74) is 5.04. The van der Waals surface area contributed by atoms with E-state index in [1.165, 1.54) is 6.07 Å². The second-order valence-corrected chi connectivity index (χ2v) is 4.84. The number of hydrogen-bond acceptors (Lipinski definition) is 4. The van der Waals surface area contributed by atoms with Gasteiger partial charge in [-0.15, -0.1) is 17.0 Å². The highest BCUT2D eigenvalue weighted by Gasteiger charge is 2.10. The highest BCUT2D eigenvalue weighted by Crippen LogP contribution is 2.22. The minimum Gasteiger partial charge on any atom is -0.454 e. The summed E-state index contributed by atoms with van der Waals surface area (Å²) in [4.78, 5) is 14.8. The molecule has 0 spiro atoms. The zero-order valence-corrected chi connectivity index (χ0v) is 13.5. The molecule has 0 fully saturated rings. The summed E-state index contributed by atoms with van der Waals surface area (Å²) < 4.78 is 31.4. The SMILES string of the molecule is Br.CC(C)C(=O)OCS/C(N)=N/c1c(F)cccc1F. The number of ether oxygens (including phenoxy) is 1. The molecular formula is C12H15BrF2N2O2S. The van der Waals surface area contributed by atoms with E-state index in [-0.39, 0.29) is 40.0 Å². The number of amidine groups is 1. The number of rotatable bonds is 4. The summed E-state index contributed by atoms with van der Waals surface area (Å²) in [6, 6.07) is 3.40. The van der Waals surface area contributed by atoms with Crippen LogP contribution in [0.2, 0.25) is 0 Å². The molecule has 8 heteroatoms. The Morgan fingerprint density at radius 1 is 1.40 bits per heavy atom. The van der Waals surface area contributed by atoms with E-state index in [0.29, 0.717) is 0 Å². The van der Waals surface area contributed by atoms with E-state index in [1.807, 2.05) is 0 Å². The van der Waals surface area contributed by atoms with Gasteiger partial charge in [-0.3, -0.25) is 4.79 Å². The average molecular weight is 369 g/mol. The van der Waals surface area contributed by atoms with Crippen LogP contribution in [0.4, 0.5) is 14.5 Å². The van der Waals surface area contributed by atoms with E-state index < -0.39 is 17.3 Å². The van der Waals surface area contributed by atoms with Gasteiger partial charge in [-0.05, 0) is 23.9 Å². The van der Waals surface area contributed by atoms with Gasteiger partial charge < -0.3 is 10.5 Å². The van der Waals surface area contributed by atoms with E-state index in [1.54, 1.807) is 13.8 Å². The topological polar surface area (TPSA) is 64.7 Å². The van der Waals surface area contributed by atoms with Crippen molar-refractivity contribution in [2.45, 2.75) is 13.8 Å². The van der Waals surface area contributed by atoms with Crippen molar-refractivity contribution in [1.82, 2.24) is 0 Å². The van der Waals surface area contributed by atoms with Crippen LogP contribution < -0.4 is 5.73 Å². The second kappa shape index (κ2) is 8.91. The van der Waals surface area contributed by atoms with Crippen molar-refractivity contribution < 1.29 is 18.3 Å². The van der Waals surface area contributed by atoms with Crippen molar-refractivity contribution in [3.8, 4) is 0 Å². The van der Waals surface area contributed by atoms with Crippen LogP contribution in [0.3, 0.4) is 0 Å². The number of thioether (sulfide) groups is 1. The summed E-state index contributed by atoms with van der Waals surface area (Å²) >= 11 is 0.886. The molecule has 1 aromatic carbocycles. The maximum Gasteiger partial charge on any atom is 0.309 e. The Bertz CT molecular complexity index is 478. The Hall–Kier alpha value is -1.15. The van der Waals surface area contributed by atoms with E-state index in [2.05, 4.69) is 4.99 Å². The van der Waals surface area contributed by atoms with E-state index >= 15 is 0 Å². The van der Waals surface area contributed by atoms with Gasteiger partial charge in [-0.1, -0.05) is 19.9 Å². The summed E-state index contributed by atoms with van der Waals surface area (Å²) in [6.07, 6.45) is 0. The molecule has 1 rings (SSSR count). The lowest BCUT2D eigenvalue weighted by molar-refractivity contribution is -0.144. The Kier molecular flexibility index (Phi) is 8.40. The van der Waals surface area contributed by atoms with Crippen molar-refractivity contribution in [3.63, 3.8) is 0 Å². The first-order valence-corrected chi connectivity index (χ1v) is 6.48. The Labute approximate surface area is 130 Å². The smallest absolute Gasteiger partial charge is 0.309 e. The number of carbonyl (C=O) groups excluding carboxylic acids is 1. The summed E-state index contributed by atoms with van der Waals surface area (Å²) in [6.45, 7) is 3.39. The summed E-state index contributed by atoms with van der Waals surface area (Å²) in [7, 11) is 0. The summed E-state index contributed by atoms with van der Waals surface area (Å²) in [5.74, 6) is -2.28. The first kappa shape index (κ1) is 18.9. The van der Waals surface area contributed by atoms with Crippen LogP contribution in [0.25, 0.3) is 0 Å². The Morgan fingerprint density at radius 3 is 2.45 bits per heavy atom. The third-order valence-electron chi connectivity index (χ3n) is 2.04. The van der Waals surface area contributed by atoms with Crippen molar-refractivity contribution in [2.75, 3.05) is 5.94 Å². The van der Waals surface area contributed by atoms with Crippen LogP contribution in [0.1, 0.15) is 13.8 Å². The molecule has 0 heterocycles. The van der Waals surface area contributed by atoms with Crippen molar-refractivity contribution in [1.29, 1.82) is 0 Å². The van der Waals surface area contributed by atoms with E-state index in [0.717, 1.165) is 23.9 Å². The molecule has 20 heavy (non-hydrogen) atoms. The van der Waals surface area contributed by atoms with Crippen molar-refractivity contribution in [3.05, 3.63) is 29.8 Å². The Morgan fingerprint density at radius 2 is 1.95 bits per heavy atom. The van der Waals surface area contributed by atoms with Gasteiger partial charge in [-0.2, -0.15) is 0 Å². The molecule has 2 N–H and O–H groups in total. The molecule has 0 atom stereocenters. The van der Waals surface area contributed by atoms with Gasteiger partial charge in [0.15, 0.2) is 16.8 Å². The van der Waals surface area contributed by atoms with Crippen LogP contribution in [0.5, 0.6) is 0 Å². The lowest BCUT2D eigenvalue weighted by Crippen LogP contribution is -2.14. The largest absolute Gasteiger partial charge is 0.454 e. The number of halogens is 3. The fraction of sp³-hybridized carbons (Fsp3) is 0.333. The molecule has 4 nitrogen and oxygen atoms in total. The highest BCUT2D eigenvalue weighted by molar-refractivity contribution is 8.93. The van der Waals surface area contributed by atoms with Crippen molar-refractivity contribution in [2.24, 2.45) is 16.6 Å². The molecule has 1 aromatic rings. The normalized spacial score (nSPS) is 11.2. The van der Waals surface area contributed by atoms with Gasteiger partial charge in [0.25, 0.3) is 0 Å². The number of para-hydroxylation sites is 1. The van der Waals surface area contributed by atoms with Gasteiger partial charge in [0, 0.05) is 0 Å². The zero-order valence-electron chi connectivity index (χ0n) is 10.9. The third kappa shape index (κ3) is 5.87. The van der Waals surface area contributed by atoms with Crippen LogP contribution in [-0.4, -0.2) is 17.1 Å². The average Bonchev–Trinajstić information content (AvgIpc) is 2.33. The number of carbonyl (C=O) groups is 1. The predicted octanol–water partition coefficient (Wildman–Crippen LogP) is 3.38. The minimum absolute atomic E-state index is 0. The van der Waals surface area contributed by atoms with Crippen LogP contribution >= 0.6 is 28.7 Å². The lowest BCUT2D eigenvalue weighted by atomic mass is 10.2. The molecular weight excluding hydrogens is 354 g/mol. The van der Waals surface area contributed by atoms with Crippen molar-refractivity contribution >= 4 is 45.6 Å². The number of hydrogen-bond donors (Lipinski definition) is 1. The van der Waals surface area contributed by atoms with Gasteiger partial charge in [-0.25, -0.2) is 13.8 Å². The number of aliphatic imine (C=N–C) groups is 1. The number of nitrogens with zero attached hydrogens (tertiary/aromatic N) is 1. The molecule has 0 aliphatic carbocycles. The molecule has 0 radical (unpaired) electrons. The molecule has 0 amide bonds. The molecule has 112 valence electrons. The lowest BCUT2D eigenvalue weighted by Gasteiger charge is -2.06. The molecule has 0 saturated carbocycles. The first-order valence-electron chi connectivity index (χ1n) is 5.49. The second-order valence-electron chi connectivity index (χ2n) is 3.90.